The summed E-state index contributed by atoms with van der Waals surface area (Å²) in [5.74, 6) is 1.43. The summed E-state index contributed by atoms with van der Waals surface area (Å²) >= 11 is 6.37. The molecule has 3 heterocycles. The molecule has 7 heteroatoms. The third-order valence-electron chi connectivity index (χ3n) is 4.66. The number of benzene rings is 1. The monoisotopic (exact) mass is 348 g/mol. The van der Waals surface area contributed by atoms with Crippen molar-refractivity contribution in [2.75, 3.05) is 19.8 Å². The summed E-state index contributed by atoms with van der Waals surface area (Å²) in [5, 5.41) is 4.88. The first-order valence-corrected chi connectivity index (χ1v) is 8.82. The predicted octanol–water partition coefficient (Wildman–Crippen LogP) is 2.76. The Hall–Kier alpha value is -1.79. The van der Waals surface area contributed by atoms with Gasteiger partial charge in [-0.25, -0.2) is 4.98 Å². The SMILES string of the molecule is Clc1cc(CN2CCCC[C@H]2Cn2cncn2)cc2c1OCCO2. The van der Waals surface area contributed by atoms with E-state index in [2.05, 4.69) is 21.0 Å². The summed E-state index contributed by atoms with van der Waals surface area (Å²) in [5.41, 5.74) is 1.16. The van der Waals surface area contributed by atoms with Crippen molar-refractivity contribution in [2.24, 2.45) is 0 Å². The molecule has 2 aromatic rings. The van der Waals surface area contributed by atoms with Crippen LogP contribution in [0.15, 0.2) is 24.8 Å². The van der Waals surface area contributed by atoms with Gasteiger partial charge in [0.2, 0.25) is 0 Å². The Labute approximate surface area is 146 Å². The second-order valence-corrected chi connectivity index (χ2v) is 6.75. The summed E-state index contributed by atoms with van der Waals surface area (Å²) in [4.78, 5) is 6.55. The second kappa shape index (κ2) is 6.99. The summed E-state index contributed by atoms with van der Waals surface area (Å²) in [6.07, 6.45) is 7.05. The maximum atomic E-state index is 6.37. The number of ether oxygens (including phenoxy) is 2. The quantitative estimate of drug-likeness (QED) is 0.850. The minimum absolute atomic E-state index is 0.465. The van der Waals surface area contributed by atoms with Crippen molar-refractivity contribution < 1.29 is 9.47 Å². The van der Waals surface area contributed by atoms with Crippen molar-refractivity contribution in [1.82, 2.24) is 19.7 Å². The van der Waals surface area contributed by atoms with Crippen molar-refractivity contribution in [3.63, 3.8) is 0 Å². The van der Waals surface area contributed by atoms with Gasteiger partial charge in [-0.2, -0.15) is 5.10 Å². The van der Waals surface area contributed by atoms with Crippen molar-refractivity contribution >= 4 is 11.6 Å². The molecule has 1 aromatic heterocycles. The van der Waals surface area contributed by atoms with Gasteiger partial charge < -0.3 is 9.47 Å². The number of hydrogen-bond donors (Lipinski definition) is 0. The Morgan fingerprint density at radius 2 is 2.12 bits per heavy atom. The predicted molar refractivity (Wildman–Crippen MR) is 90.5 cm³/mol. The zero-order valence-electron chi connectivity index (χ0n) is 13.5. The van der Waals surface area contributed by atoms with E-state index in [-0.39, 0.29) is 0 Å². The van der Waals surface area contributed by atoms with Crippen LogP contribution in [0.5, 0.6) is 11.5 Å². The molecule has 1 saturated heterocycles. The normalized spacial score (nSPS) is 21.0. The zero-order valence-corrected chi connectivity index (χ0v) is 14.3. The molecule has 0 unspecified atom stereocenters. The molecule has 4 rings (SSSR count). The molecular weight excluding hydrogens is 328 g/mol. The maximum absolute atomic E-state index is 6.37. The lowest BCUT2D eigenvalue weighted by molar-refractivity contribution is 0.121. The molecule has 1 aromatic carbocycles. The molecule has 1 atom stereocenters. The van der Waals surface area contributed by atoms with Crippen LogP contribution >= 0.6 is 11.6 Å². The van der Waals surface area contributed by atoms with E-state index in [9.17, 15) is 0 Å². The number of aromatic nitrogens is 3. The lowest BCUT2D eigenvalue weighted by Crippen LogP contribution is -2.41. The van der Waals surface area contributed by atoms with Gasteiger partial charge in [0.15, 0.2) is 11.5 Å². The first-order chi connectivity index (χ1) is 11.8. The minimum atomic E-state index is 0.465. The average Bonchev–Trinajstić information content (AvgIpc) is 3.10. The standard InChI is InChI=1S/C17H21ClN4O2/c18-15-7-13(8-16-17(15)24-6-5-23-16)9-21-4-2-1-3-14(21)10-22-12-19-11-20-22/h7-8,11-12,14H,1-6,9-10H2/t14-/m0/s1. The molecule has 0 aliphatic carbocycles. The van der Waals surface area contributed by atoms with Crippen LogP contribution in [-0.2, 0) is 13.1 Å². The molecule has 0 amide bonds. The largest absolute Gasteiger partial charge is 0.486 e. The van der Waals surface area contributed by atoms with Crippen molar-refractivity contribution in [1.29, 1.82) is 0 Å². The fraction of sp³-hybridized carbons (Fsp3) is 0.529. The fourth-order valence-electron chi connectivity index (χ4n) is 3.51. The van der Waals surface area contributed by atoms with Crippen molar-refractivity contribution in [2.45, 2.75) is 38.4 Å². The Morgan fingerprint density at radius 1 is 1.21 bits per heavy atom. The number of halogens is 1. The van der Waals surface area contributed by atoms with Crippen LogP contribution in [0.4, 0.5) is 0 Å². The van der Waals surface area contributed by atoms with E-state index < -0.39 is 0 Å². The number of piperidine rings is 1. The van der Waals surface area contributed by atoms with Crippen LogP contribution < -0.4 is 9.47 Å². The number of fused-ring (bicyclic) bond motifs is 1. The molecule has 2 aliphatic rings. The highest BCUT2D eigenvalue weighted by Crippen LogP contribution is 2.38. The van der Waals surface area contributed by atoms with Crippen molar-refractivity contribution in [3.8, 4) is 11.5 Å². The van der Waals surface area contributed by atoms with E-state index in [0.717, 1.165) is 30.9 Å². The third kappa shape index (κ3) is 3.35. The zero-order chi connectivity index (χ0) is 16.4. The molecule has 128 valence electrons. The van der Waals surface area contributed by atoms with E-state index >= 15 is 0 Å². The minimum Gasteiger partial charge on any atom is -0.486 e. The molecule has 0 N–H and O–H groups in total. The van der Waals surface area contributed by atoms with E-state index in [1.165, 1.54) is 19.3 Å². The Kier molecular flexibility index (Phi) is 4.58. The summed E-state index contributed by atoms with van der Waals surface area (Å²) in [6, 6.07) is 4.52. The first-order valence-electron chi connectivity index (χ1n) is 8.44. The van der Waals surface area contributed by atoms with E-state index in [0.29, 0.717) is 30.0 Å². The van der Waals surface area contributed by atoms with Gasteiger partial charge in [-0.05, 0) is 37.1 Å². The highest BCUT2D eigenvalue weighted by atomic mass is 35.5. The van der Waals surface area contributed by atoms with Crippen LogP contribution in [-0.4, -0.2) is 45.5 Å². The van der Waals surface area contributed by atoms with Crippen LogP contribution in [0.1, 0.15) is 24.8 Å². The summed E-state index contributed by atoms with van der Waals surface area (Å²) in [6.45, 7) is 3.95. The van der Waals surface area contributed by atoms with E-state index in [1.807, 2.05) is 10.7 Å². The maximum Gasteiger partial charge on any atom is 0.179 e. The van der Waals surface area contributed by atoms with Crippen LogP contribution in [0, 0.1) is 0 Å². The highest BCUT2D eigenvalue weighted by Gasteiger charge is 2.24. The lowest BCUT2D eigenvalue weighted by atomic mass is 10.0. The smallest absolute Gasteiger partial charge is 0.179 e. The van der Waals surface area contributed by atoms with Crippen LogP contribution in [0.3, 0.4) is 0 Å². The van der Waals surface area contributed by atoms with Gasteiger partial charge >= 0.3 is 0 Å². The van der Waals surface area contributed by atoms with E-state index in [4.69, 9.17) is 21.1 Å². The molecule has 0 bridgehead atoms. The summed E-state index contributed by atoms with van der Waals surface area (Å²) in [7, 11) is 0. The number of nitrogens with zero attached hydrogens (tertiary/aromatic N) is 4. The van der Waals surface area contributed by atoms with Gasteiger partial charge in [-0.3, -0.25) is 9.58 Å². The lowest BCUT2D eigenvalue weighted by Gasteiger charge is -2.35. The fourth-order valence-corrected chi connectivity index (χ4v) is 3.80. The van der Waals surface area contributed by atoms with E-state index in [1.54, 1.807) is 12.7 Å². The van der Waals surface area contributed by atoms with Gasteiger partial charge in [0.25, 0.3) is 0 Å². The molecule has 0 radical (unpaired) electrons. The first kappa shape index (κ1) is 15.7. The van der Waals surface area contributed by atoms with Crippen LogP contribution in [0.25, 0.3) is 0 Å². The molecule has 24 heavy (non-hydrogen) atoms. The second-order valence-electron chi connectivity index (χ2n) is 6.34. The topological polar surface area (TPSA) is 52.4 Å². The molecule has 0 spiro atoms. The molecular formula is C17H21ClN4O2. The summed E-state index contributed by atoms with van der Waals surface area (Å²) < 4.78 is 13.2. The number of likely N-dealkylation sites (tertiary alicyclic amines) is 1. The highest BCUT2D eigenvalue weighted by molar-refractivity contribution is 6.32. The molecule has 1 fully saturated rings. The Balaban J connectivity index is 1.51. The van der Waals surface area contributed by atoms with Crippen molar-refractivity contribution in [3.05, 3.63) is 35.4 Å². The Morgan fingerprint density at radius 3 is 3.00 bits per heavy atom. The van der Waals surface area contributed by atoms with Gasteiger partial charge in [0, 0.05) is 12.6 Å². The van der Waals surface area contributed by atoms with Crippen LogP contribution in [0.2, 0.25) is 5.02 Å². The van der Waals surface area contributed by atoms with Gasteiger partial charge in [-0.1, -0.05) is 18.0 Å². The Bertz CT molecular complexity index is 692. The third-order valence-corrected chi connectivity index (χ3v) is 4.94. The molecule has 0 saturated carbocycles. The number of rotatable bonds is 4. The molecule has 6 nitrogen and oxygen atoms in total. The average molecular weight is 349 g/mol. The van der Waals surface area contributed by atoms with Gasteiger partial charge in [0.1, 0.15) is 25.9 Å². The van der Waals surface area contributed by atoms with Gasteiger partial charge in [-0.15, -0.1) is 0 Å². The van der Waals surface area contributed by atoms with Gasteiger partial charge in [0.05, 0.1) is 11.6 Å². The number of hydrogen-bond acceptors (Lipinski definition) is 5. The molecule has 2 aliphatic heterocycles.